The van der Waals surface area contributed by atoms with Crippen LogP contribution < -0.4 is 4.74 Å². The fraction of sp³-hybridized carbons (Fsp3) is 0.500. The van der Waals surface area contributed by atoms with Crippen LogP contribution in [0.15, 0.2) is 30.5 Å². The van der Waals surface area contributed by atoms with Crippen LogP contribution in [0.4, 0.5) is 0 Å². The molecule has 2 aliphatic heterocycles. The van der Waals surface area contributed by atoms with Crippen LogP contribution in [0.3, 0.4) is 0 Å². The molecular weight excluding hydrogens is 392 g/mol. The summed E-state index contributed by atoms with van der Waals surface area (Å²) in [5, 5.41) is 0. The summed E-state index contributed by atoms with van der Waals surface area (Å²) in [6.45, 7) is 4.17. The maximum atomic E-state index is 13.0. The Morgan fingerprint density at radius 3 is 2.48 bits per heavy atom. The Balaban J connectivity index is 1.46. The first-order valence-electron chi connectivity index (χ1n) is 11.1. The Labute approximate surface area is 183 Å². The summed E-state index contributed by atoms with van der Waals surface area (Å²) in [5.74, 6) is 1.50. The second-order valence-corrected chi connectivity index (χ2v) is 8.35. The number of carbonyl (C=O) groups is 2. The van der Waals surface area contributed by atoms with Crippen molar-refractivity contribution in [3.05, 3.63) is 53.1 Å². The Morgan fingerprint density at radius 1 is 1.06 bits per heavy atom. The zero-order valence-corrected chi connectivity index (χ0v) is 18.3. The van der Waals surface area contributed by atoms with Crippen LogP contribution in [0, 0.1) is 6.92 Å². The first kappa shape index (κ1) is 21.3. The third-order valence-electron chi connectivity index (χ3n) is 6.26. The van der Waals surface area contributed by atoms with E-state index in [9.17, 15) is 9.59 Å². The van der Waals surface area contributed by atoms with E-state index in [1.165, 1.54) is 6.42 Å². The lowest BCUT2D eigenvalue weighted by molar-refractivity contribution is -0.131. The quantitative estimate of drug-likeness (QED) is 0.739. The first-order chi connectivity index (χ1) is 15.1. The van der Waals surface area contributed by atoms with Gasteiger partial charge in [-0.15, -0.1) is 0 Å². The molecule has 2 fully saturated rings. The van der Waals surface area contributed by atoms with Crippen molar-refractivity contribution in [1.82, 2.24) is 19.8 Å². The molecule has 2 amide bonds. The van der Waals surface area contributed by atoms with Gasteiger partial charge in [-0.3, -0.25) is 9.59 Å². The van der Waals surface area contributed by atoms with Gasteiger partial charge in [-0.2, -0.15) is 0 Å². The molecule has 3 heterocycles. The zero-order chi connectivity index (χ0) is 21.8. The van der Waals surface area contributed by atoms with E-state index in [-0.39, 0.29) is 17.9 Å². The molecule has 0 saturated carbocycles. The van der Waals surface area contributed by atoms with Crippen molar-refractivity contribution in [3.63, 3.8) is 0 Å². The van der Waals surface area contributed by atoms with E-state index in [1.807, 2.05) is 41.0 Å². The van der Waals surface area contributed by atoms with Crippen molar-refractivity contribution < 1.29 is 14.3 Å². The number of methoxy groups -OCH3 is 1. The number of aromatic nitrogens is 2. The number of carbonyl (C=O) groups excluding carboxylic acids is 2. The minimum absolute atomic E-state index is 0.0163. The number of piperidine rings is 1. The molecule has 7 heteroatoms. The van der Waals surface area contributed by atoms with E-state index in [0.29, 0.717) is 30.0 Å². The highest BCUT2D eigenvalue weighted by Crippen LogP contribution is 2.31. The van der Waals surface area contributed by atoms with E-state index < -0.39 is 0 Å². The lowest BCUT2D eigenvalue weighted by Crippen LogP contribution is -2.36. The van der Waals surface area contributed by atoms with Crippen molar-refractivity contribution in [2.75, 3.05) is 26.7 Å². The Bertz CT molecular complexity index is 938. The van der Waals surface area contributed by atoms with Gasteiger partial charge in [0.25, 0.3) is 5.91 Å². The van der Waals surface area contributed by atoms with Crippen LogP contribution in [0.1, 0.15) is 65.6 Å². The van der Waals surface area contributed by atoms with Gasteiger partial charge in [-0.05, 0) is 56.7 Å². The fourth-order valence-electron chi connectivity index (χ4n) is 4.48. The molecule has 0 radical (unpaired) electrons. The highest BCUT2D eigenvalue weighted by molar-refractivity contribution is 5.95. The van der Waals surface area contributed by atoms with Gasteiger partial charge >= 0.3 is 0 Å². The summed E-state index contributed by atoms with van der Waals surface area (Å²) < 4.78 is 5.19. The number of benzene rings is 1. The third kappa shape index (κ3) is 4.70. The van der Waals surface area contributed by atoms with Crippen LogP contribution in [0.5, 0.6) is 5.75 Å². The molecule has 0 spiro atoms. The maximum absolute atomic E-state index is 13.0. The number of rotatable bonds is 5. The average molecular weight is 423 g/mol. The predicted octanol–water partition coefficient (Wildman–Crippen LogP) is 3.33. The summed E-state index contributed by atoms with van der Waals surface area (Å²) in [7, 11) is 1.63. The Kier molecular flexibility index (Phi) is 6.49. The fourth-order valence-corrected chi connectivity index (χ4v) is 4.48. The molecule has 31 heavy (non-hydrogen) atoms. The van der Waals surface area contributed by atoms with E-state index in [2.05, 4.69) is 9.97 Å². The summed E-state index contributed by atoms with van der Waals surface area (Å²) in [6, 6.07) is 7.44. The Morgan fingerprint density at radius 2 is 1.81 bits per heavy atom. The highest BCUT2D eigenvalue weighted by atomic mass is 16.5. The second-order valence-electron chi connectivity index (χ2n) is 8.35. The minimum Gasteiger partial charge on any atom is -0.497 e. The number of ether oxygens (including phenoxy) is 1. The molecule has 4 rings (SSSR count). The number of amides is 2. The van der Waals surface area contributed by atoms with E-state index in [1.54, 1.807) is 13.3 Å². The molecule has 1 atom stereocenters. The van der Waals surface area contributed by atoms with Crippen LogP contribution in [-0.2, 0) is 11.2 Å². The van der Waals surface area contributed by atoms with E-state index in [0.717, 1.165) is 50.1 Å². The lowest BCUT2D eigenvalue weighted by atomic mass is 10.1. The lowest BCUT2D eigenvalue weighted by Gasteiger charge is -2.27. The van der Waals surface area contributed by atoms with Gasteiger partial charge in [0.1, 0.15) is 5.75 Å². The van der Waals surface area contributed by atoms with Gasteiger partial charge in [0.15, 0.2) is 5.82 Å². The van der Waals surface area contributed by atoms with Crippen LogP contribution >= 0.6 is 0 Å². The van der Waals surface area contributed by atoms with Gasteiger partial charge in [0.2, 0.25) is 5.91 Å². The van der Waals surface area contributed by atoms with Crippen molar-refractivity contribution in [2.24, 2.45) is 0 Å². The predicted molar refractivity (Wildman–Crippen MR) is 117 cm³/mol. The van der Waals surface area contributed by atoms with Crippen LogP contribution in [0.2, 0.25) is 0 Å². The third-order valence-corrected chi connectivity index (χ3v) is 6.26. The monoisotopic (exact) mass is 422 g/mol. The topological polar surface area (TPSA) is 75.6 Å². The summed E-state index contributed by atoms with van der Waals surface area (Å²) in [6.07, 6.45) is 7.04. The van der Waals surface area contributed by atoms with Gasteiger partial charge in [0, 0.05) is 25.8 Å². The van der Waals surface area contributed by atoms with Crippen LogP contribution in [0.25, 0.3) is 0 Å². The summed E-state index contributed by atoms with van der Waals surface area (Å²) >= 11 is 0. The van der Waals surface area contributed by atoms with E-state index >= 15 is 0 Å². The molecule has 0 N–H and O–H groups in total. The zero-order valence-electron chi connectivity index (χ0n) is 18.3. The largest absolute Gasteiger partial charge is 0.497 e. The molecular formula is C24H30N4O3. The molecule has 2 aliphatic rings. The van der Waals surface area contributed by atoms with Gasteiger partial charge in [0.05, 0.1) is 30.8 Å². The summed E-state index contributed by atoms with van der Waals surface area (Å²) in [5.41, 5.74) is 2.21. The smallest absolute Gasteiger partial charge is 0.257 e. The SMILES string of the molecule is COc1ccc(CC(=O)N2CCCC2c2ncc(C(=O)N3CCCCC3)c(C)n2)cc1. The molecule has 2 aromatic rings. The summed E-state index contributed by atoms with van der Waals surface area (Å²) in [4.78, 5) is 38.8. The number of aryl methyl sites for hydroxylation is 1. The van der Waals surface area contributed by atoms with Gasteiger partial charge in [-0.25, -0.2) is 9.97 Å². The molecule has 2 saturated heterocycles. The van der Waals surface area contributed by atoms with Gasteiger partial charge in [-0.1, -0.05) is 12.1 Å². The van der Waals surface area contributed by atoms with Crippen molar-refractivity contribution in [3.8, 4) is 5.75 Å². The Hall–Kier alpha value is -2.96. The average Bonchev–Trinajstić information content (AvgIpc) is 3.30. The molecule has 7 nitrogen and oxygen atoms in total. The number of nitrogens with zero attached hydrogens (tertiary/aromatic N) is 4. The first-order valence-corrected chi connectivity index (χ1v) is 11.1. The van der Waals surface area contributed by atoms with Gasteiger partial charge < -0.3 is 14.5 Å². The van der Waals surface area contributed by atoms with Crippen LogP contribution in [-0.4, -0.2) is 58.3 Å². The standard InChI is InChI=1S/C24H30N4O3/c1-17-20(24(30)27-12-4-3-5-13-27)16-25-23(26-17)21-7-6-14-28(21)22(29)15-18-8-10-19(31-2)11-9-18/h8-11,16,21H,3-7,12-15H2,1-2H3. The number of hydrogen-bond acceptors (Lipinski definition) is 5. The van der Waals surface area contributed by atoms with Crippen molar-refractivity contribution in [1.29, 1.82) is 0 Å². The highest BCUT2D eigenvalue weighted by Gasteiger charge is 2.32. The maximum Gasteiger partial charge on any atom is 0.257 e. The molecule has 1 aromatic carbocycles. The minimum atomic E-state index is -0.136. The number of hydrogen-bond donors (Lipinski definition) is 0. The molecule has 1 unspecified atom stereocenters. The molecule has 1 aromatic heterocycles. The molecule has 0 aliphatic carbocycles. The van der Waals surface area contributed by atoms with Crippen molar-refractivity contribution >= 4 is 11.8 Å². The normalized spacial score (nSPS) is 18.8. The molecule has 164 valence electrons. The molecule has 0 bridgehead atoms. The van der Waals surface area contributed by atoms with Crippen molar-refractivity contribution in [2.45, 2.75) is 51.5 Å². The van der Waals surface area contributed by atoms with E-state index in [4.69, 9.17) is 4.74 Å². The number of likely N-dealkylation sites (tertiary alicyclic amines) is 2. The second kappa shape index (κ2) is 9.45.